The van der Waals surface area contributed by atoms with E-state index in [-0.39, 0.29) is 23.4 Å². The summed E-state index contributed by atoms with van der Waals surface area (Å²) in [5.41, 5.74) is 2.97. The Hall–Kier alpha value is -3.36. The van der Waals surface area contributed by atoms with E-state index in [4.69, 9.17) is 11.6 Å². The highest BCUT2D eigenvalue weighted by Gasteiger charge is 2.34. The van der Waals surface area contributed by atoms with Crippen LogP contribution in [0.25, 0.3) is 0 Å². The summed E-state index contributed by atoms with van der Waals surface area (Å²) in [7, 11) is -4.11. The first kappa shape index (κ1) is 31.6. The van der Waals surface area contributed by atoms with Crippen molar-refractivity contribution in [3.05, 3.63) is 94.5 Å². The van der Waals surface area contributed by atoms with Crippen LogP contribution in [0.5, 0.6) is 0 Å². The molecule has 1 saturated carbocycles. The molecule has 0 bridgehead atoms. The van der Waals surface area contributed by atoms with Gasteiger partial charge in [0.15, 0.2) is 0 Å². The number of carbonyl (C=O) groups is 2. The molecule has 0 aromatic heterocycles. The molecule has 9 heteroatoms. The lowest BCUT2D eigenvalue weighted by atomic mass is 9.95. The zero-order valence-corrected chi connectivity index (χ0v) is 26.1. The summed E-state index contributed by atoms with van der Waals surface area (Å²) < 4.78 is 29.1. The number of amides is 2. The lowest BCUT2D eigenvalue weighted by Crippen LogP contribution is -2.54. The molecule has 3 aromatic rings. The van der Waals surface area contributed by atoms with Crippen LogP contribution in [0.3, 0.4) is 0 Å². The Morgan fingerprint density at radius 1 is 0.929 bits per heavy atom. The van der Waals surface area contributed by atoms with E-state index in [1.54, 1.807) is 42.5 Å². The van der Waals surface area contributed by atoms with Crippen molar-refractivity contribution >= 4 is 39.1 Å². The van der Waals surface area contributed by atoms with Crippen LogP contribution in [0.4, 0.5) is 5.69 Å². The maximum absolute atomic E-state index is 14.3. The second kappa shape index (κ2) is 14.2. The van der Waals surface area contributed by atoms with Gasteiger partial charge in [0.2, 0.25) is 11.8 Å². The monoisotopic (exact) mass is 609 g/mol. The Balaban J connectivity index is 1.72. The predicted octanol–water partition coefficient (Wildman–Crippen LogP) is 6.41. The van der Waals surface area contributed by atoms with Crippen molar-refractivity contribution in [2.24, 2.45) is 0 Å². The first-order valence-electron chi connectivity index (χ1n) is 14.6. The summed E-state index contributed by atoms with van der Waals surface area (Å²) in [4.78, 5) is 29.5. The standard InChI is InChI=1S/C33H40ClN3O4S/c1-4-31(33(39)35-27-14-7-5-8-15-27)36(22-26-13-11-12-18-30(26)34)32(38)23-37(28-20-19-24(2)25(3)21-28)42(40,41)29-16-9-6-10-17-29/h6,9-13,16-21,27,31H,4-5,7-8,14-15,22-23H2,1-3H3,(H,35,39). The Bertz CT molecular complexity index is 1490. The summed E-state index contributed by atoms with van der Waals surface area (Å²) in [6.07, 6.45) is 5.47. The lowest BCUT2D eigenvalue weighted by Gasteiger charge is -2.34. The van der Waals surface area contributed by atoms with Crippen LogP contribution < -0.4 is 9.62 Å². The van der Waals surface area contributed by atoms with Gasteiger partial charge in [-0.25, -0.2) is 8.42 Å². The van der Waals surface area contributed by atoms with Gasteiger partial charge in [0.05, 0.1) is 10.6 Å². The first-order chi connectivity index (χ1) is 20.1. The molecule has 224 valence electrons. The molecule has 4 rings (SSSR count). The molecule has 7 nitrogen and oxygen atoms in total. The van der Waals surface area contributed by atoms with Crippen LogP contribution in [-0.2, 0) is 26.2 Å². The zero-order chi connectivity index (χ0) is 30.3. The van der Waals surface area contributed by atoms with Gasteiger partial charge in [0, 0.05) is 17.6 Å². The lowest BCUT2D eigenvalue weighted by molar-refractivity contribution is -0.140. The second-order valence-electron chi connectivity index (χ2n) is 11.0. The van der Waals surface area contributed by atoms with E-state index in [9.17, 15) is 18.0 Å². The predicted molar refractivity (Wildman–Crippen MR) is 168 cm³/mol. The van der Waals surface area contributed by atoms with Gasteiger partial charge >= 0.3 is 0 Å². The van der Waals surface area contributed by atoms with Crippen LogP contribution in [0.15, 0.2) is 77.7 Å². The Labute approximate surface area is 254 Å². The maximum Gasteiger partial charge on any atom is 0.264 e. The highest BCUT2D eigenvalue weighted by atomic mass is 35.5. The Morgan fingerprint density at radius 2 is 1.60 bits per heavy atom. The smallest absolute Gasteiger partial charge is 0.264 e. The van der Waals surface area contributed by atoms with Crippen molar-refractivity contribution in [3.63, 3.8) is 0 Å². The van der Waals surface area contributed by atoms with Crippen molar-refractivity contribution < 1.29 is 18.0 Å². The molecule has 42 heavy (non-hydrogen) atoms. The van der Waals surface area contributed by atoms with Crippen molar-refractivity contribution in [1.29, 1.82) is 0 Å². The molecule has 1 aliphatic rings. The summed E-state index contributed by atoms with van der Waals surface area (Å²) in [6, 6.07) is 19.9. The number of sulfonamides is 1. The summed E-state index contributed by atoms with van der Waals surface area (Å²) in [6.45, 7) is 5.31. The molecule has 0 spiro atoms. The summed E-state index contributed by atoms with van der Waals surface area (Å²) in [5.74, 6) is -0.716. The van der Waals surface area contributed by atoms with Crippen molar-refractivity contribution in [2.75, 3.05) is 10.8 Å². The molecule has 0 heterocycles. The van der Waals surface area contributed by atoms with Crippen LogP contribution in [0, 0.1) is 13.8 Å². The molecule has 1 unspecified atom stereocenters. The molecule has 0 aliphatic heterocycles. The quantitative estimate of drug-likeness (QED) is 0.272. The van der Waals surface area contributed by atoms with Gasteiger partial charge in [-0.05, 0) is 80.1 Å². The van der Waals surface area contributed by atoms with Crippen molar-refractivity contribution in [2.45, 2.75) is 82.8 Å². The number of hydrogen-bond acceptors (Lipinski definition) is 4. The minimum atomic E-state index is -4.11. The van der Waals surface area contributed by atoms with Gasteiger partial charge in [-0.15, -0.1) is 0 Å². The molecular formula is C33H40ClN3O4S. The number of hydrogen-bond donors (Lipinski definition) is 1. The highest BCUT2D eigenvalue weighted by Crippen LogP contribution is 2.27. The average Bonchev–Trinajstić information content (AvgIpc) is 2.99. The minimum Gasteiger partial charge on any atom is -0.352 e. The fourth-order valence-electron chi connectivity index (χ4n) is 5.40. The second-order valence-corrected chi connectivity index (χ2v) is 13.2. The van der Waals surface area contributed by atoms with E-state index in [1.807, 2.05) is 39.0 Å². The van der Waals surface area contributed by atoms with Crippen molar-refractivity contribution in [3.8, 4) is 0 Å². The summed E-state index contributed by atoms with van der Waals surface area (Å²) in [5, 5.41) is 3.64. The third kappa shape index (κ3) is 7.53. The van der Waals surface area contributed by atoms with Gasteiger partial charge < -0.3 is 10.2 Å². The molecule has 0 saturated heterocycles. The number of anilines is 1. The number of rotatable bonds is 11. The number of nitrogens with zero attached hydrogens (tertiary/aromatic N) is 2. The SMILES string of the molecule is CCC(C(=O)NC1CCCCC1)N(Cc1ccccc1Cl)C(=O)CN(c1ccc(C)c(C)c1)S(=O)(=O)c1ccccc1. The third-order valence-electron chi connectivity index (χ3n) is 8.02. The van der Waals surface area contributed by atoms with E-state index >= 15 is 0 Å². The fraction of sp³-hybridized carbons (Fsp3) is 0.394. The van der Waals surface area contributed by atoms with E-state index < -0.39 is 28.5 Å². The van der Waals surface area contributed by atoms with Gasteiger partial charge in [-0.2, -0.15) is 0 Å². The zero-order valence-electron chi connectivity index (χ0n) is 24.6. The fourth-order valence-corrected chi connectivity index (χ4v) is 7.03. The number of benzene rings is 3. The minimum absolute atomic E-state index is 0.0707. The summed E-state index contributed by atoms with van der Waals surface area (Å²) >= 11 is 6.50. The molecule has 1 aliphatic carbocycles. The van der Waals surface area contributed by atoms with E-state index in [0.717, 1.165) is 47.5 Å². The first-order valence-corrected chi connectivity index (χ1v) is 16.4. The van der Waals surface area contributed by atoms with Crippen LogP contribution >= 0.6 is 11.6 Å². The molecule has 3 aromatic carbocycles. The number of carbonyl (C=O) groups excluding carboxylic acids is 2. The average molecular weight is 610 g/mol. The number of halogens is 1. The Kier molecular flexibility index (Phi) is 10.7. The van der Waals surface area contributed by atoms with E-state index in [0.29, 0.717) is 22.7 Å². The topological polar surface area (TPSA) is 86.8 Å². The normalized spacial score (nSPS) is 14.7. The largest absolute Gasteiger partial charge is 0.352 e. The van der Waals surface area contributed by atoms with Gasteiger partial charge in [0.25, 0.3) is 10.0 Å². The molecular weight excluding hydrogens is 570 g/mol. The van der Waals surface area contributed by atoms with Gasteiger partial charge in [0.1, 0.15) is 12.6 Å². The molecule has 1 N–H and O–H groups in total. The van der Waals surface area contributed by atoms with Crippen LogP contribution in [0.1, 0.15) is 62.1 Å². The van der Waals surface area contributed by atoms with E-state index in [1.165, 1.54) is 17.0 Å². The molecule has 1 fully saturated rings. The number of aryl methyl sites for hydroxylation is 2. The highest BCUT2D eigenvalue weighted by molar-refractivity contribution is 7.92. The molecule has 1 atom stereocenters. The van der Waals surface area contributed by atoms with Gasteiger partial charge in [-0.3, -0.25) is 13.9 Å². The molecule has 0 radical (unpaired) electrons. The maximum atomic E-state index is 14.3. The third-order valence-corrected chi connectivity index (χ3v) is 10.2. The Morgan fingerprint density at radius 3 is 2.24 bits per heavy atom. The van der Waals surface area contributed by atoms with Crippen molar-refractivity contribution in [1.82, 2.24) is 10.2 Å². The number of nitrogens with one attached hydrogen (secondary N) is 1. The van der Waals surface area contributed by atoms with E-state index in [2.05, 4.69) is 5.32 Å². The van der Waals surface area contributed by atoms with Crippen LogP contribution in [-0.4, -0.2) is 43.8 Å². The van der Waals surface area contributed by atoms with Gasteiger partial charge in [-0.1, -0.05) is 80.3 Å². The molecule has 2 amide bonds. The van der Waals surface area contributed by atoms with Crippen LogP contribution in [0.2, 0.25) is 5.02 Å².